The molecule has 0 aliphatic heterocycles. The second-order valence-corrected chi connectivity index (χ2v) is 12.5. The third-order valence-electron chi connectivity index (χ3n) is 4.85. The van der Waals surface area contributed by atoms with Gasteiger partial charge in [-0.25, -0.2) is 0 Å². The van der Waals surface area contributed by atoms with E-state index in [1.807, 2.05) is 0 Å². The van der Waals surface area contributed by atoms with Crippen molar-refractivity contribution in [2.45, 2.75) is 32.6 Å². The molecule has 0 rings (SSSR count). The highest BCUT2D eigenvalue weighted by molar-refractivity contribution is 7.58. The van der Waals surface area contributed by atoms with Crippen LogP contribution in [0.4, 0.5) is 0 Å². The van der Waals surface area contributed by atoms with Crippen LogP contribution >= 0.6 is 15.8 Å². The molecule has 0 saturated carbocycles. The number of ether oxygens (including phenoxy) is 5. The van der Waals surface area contributed by atoms with Crippen LogP contribution in [0.3, 0.4) is 0 Å². The van der Waals surface area contributed by atoms with Crippen molar-refractivity contribution in [1.82, 2.24) is 4.90 Å². The van der Waals surface area contributed by atoms with Gasteiger partial charge < -0.3 is 23.7 Å². The van der Waals surface area contributed by atoms with E-state index in [0.29, 0.717) is 0 Å². The summed E-state index contributed by atoms with van der Waals surface area (Å²) in [5.74, 6) is 0. The van der Waals surface area contributed by atoms with Crippen LogP contribution in [0.1, 0.15) is 32.6 Å². The van der Waals surface area contributed by atoms with Gasteiger partial charge in [0.25, 0.3) is 0 Å². The fourth-order valence-corrected chi connectivity index (χ4v) is 8.42. The van der Waals surface area contributed by atoms with Crippen molar-refractivity contribution >= 4 is 15.8 Å². The van der Waals surface area contributed by atoms with Crippen molar-refractivity contribution < 1.29 is 23.7 Å². The molecule has 0 aromatic rings. The minimum absolute atomic E-state index is 0.0353. The van der Waals surface area contributed by atoms with Crippen LogP contribution in [0.25, 0.3) is 0 Å². The first kappa shape index (κ1) is 30.6. The molecule has 0 amide bonds. The van der Waals surface area contributed by atoms with E-state index in [1.54, 1.807) is 28.4 Å². The average molecular weight is 470 g/mol. The van der Waals surface area contributed by atoms with Gasteiger partial charge in [-0.15, -0.1) is 0 Å². The Morgan fingerprint density at radius 3 is 1.23 bits per heavy atom. The molecule has 0 atom stereocenters. The first-order valence-corrected chi connectivity index (χ1v) is 15.2. The number of hydrogen-bond acceptors (Lipinski definition) is 6. The molecule has 0 bridgehead atoms. The number of methoxy groups -OCH3 is 4. The van der Waals surface area contributed by atoms with Crippen LogP contribution in [0.5, 0.6) is 0 Å². The molecule has 30 heavy (non-hydrogen) atoms. The van der Waals surface area contributed by atoms with E-state index in [1.165, 1.54) is 37.2 Å². The van der Waals surface area contributed by atoms with Gasteiger partial charge in [0.1, 0.15) is 0 Å². The zero-order valence-electron chi connectivity index (χ0n) is 20.4. The molecule has 0 fully saturated rings. The van der Waals surface area contributed by atoms with Crippen LogP contribution in [0.15, 0.2) is 0 Å². The molecule has 0 heterocycles. The Balaban J connectivity index is 4.91. The van der Waals surface area contributed by atoms with Gasteiger partial charge in [-0.2, -0.15) is 0 Å². The number of rotatable bonds is 24. The lowest BCUT2D eigenvalue weighted by Crippen LogP contribution is -2.30. The monoisotopic (exact) mass is 469 g/mol. The Morgan fingerprint density at radius 2 is 0.933 bits per heavy atom. The van der Waals surface area contributed by atoms with Crippen molar-refractivity contribution in [2.75, 3.05) is 112 Å². The highest BCUT2D eigenvalue weighted by Gasteiger charge is 2.18. The van der Waals surface area contributed by atoms with Crippen molar-refractivity contribution in [2.24, 2.45) is 0 Å². The molecule has 8 heteroatoms. The van der Waals surface area contributed by atoms with Gasteiger partial charge >= 0.3 is 0 Å². The van der Waals surface area contributed by atoms with Gasteiger partial charge in [-0.1, -0.05) is 15.8 Å². The zero-order valence-corrected chi connectivity index (χ0v) is 22.2. The average Bonchev–Trinajstić information content (AvgIpc) is 2.74. The molecule has 0 aliphatic carbocycles. The smallest absolute Gasteiger partial charge is 0.0593 e. The van der Waals surface area contributed by atoms with E-state index in [0.717, 1.165) is 71.9 Å². The summed E-state index contributed by atoms with van der Waals surface area (Å²) in [4.78, 5) is 2.70. The zero-order chi connectivity index (χ0) is 22.3. The van der Waals surface area contributed by atoms with E-state index < -0.39 is 0 Å². The molecule has 0 spiro atoms. The van der Waals surface area contributed by atoms with Crippen LogP contribution in [-0.4, -0.2) is 117 Å². The van der Waals surface area contributed by atoms with Gasteiger partial charge in [0, 0.05) is 80.6 Å². The number of hydrogen-bond donors (Lipinski definition) is 0. The molecule has 6 nitrogen and oxygen atoms in total. The molecule has 0 unspecified atom stereocenters. The third-order valence-corrected chi connectivity index (χ3v) is 10.2. The SMILES string of the molecule is CCOCCN(CP(CCCOC)CCCOC)CP(CCCOC)CCCOC. The Kier molecular flexibility index (Phi) is 24.8. The predicted molar refractivity (Wildman–Crippen MR) is 132 cm³/mol. The highest BCUT2D eigenvalue weighted by Crippen LogP contribution is 2.42. The normalized spacial score (nSPS) is 12.0. The summed E-state index contributed by atoms with van der Waals surface area (Å²) in [6, 6.07) is 0. The molecule has 0 aromatic carbocycles. The summed E-state index contributed by atoms with van der Waals surface area (Å²) in [6.07, 6.45) is 12.2. The maximum Gasteiger partial charge on any atom is 0.0593 e. The molecule has 0 aromatic heterocycles. The molecule has 0 saturated heterocycles. The van der Waals surface area contributed by atoms with E-state index in [2.05, 4.69) is 11.8 Å². The fourth-order valence-electron chi connectivity index (χ4n) is 3.33. The van der Waals surface area contributed by atoms with Crippen molar-refractivity contribution in [3.63, 3.8) is 0 Å². The highest BCUT2D eigenvalue weighted by atomic mass is 31.1. The Bertz CT molecular complexity index is 297. The predicted octanol–water partition coefficient (Wildman–Crippen LogP) is 4.35. The summed E-state index contributed by atoms with van der Waals surface area (Å²) in [7, 11) is 7.13. The molecule has 0 radical (unpaired) electrons. The van der Waals surface area contributed by atoms with Gasteiger partial charge in [0.2, 0.25) is 0 Å². The summed E-state index contributed by atoms with van der Waals surface area (Å²) < 4.78 is 26.9. The summed E-state index contributed by atoms with van der Waals surface area (Å²) in [5, 5.41) is 0. The second kappa shape index (κ2) is 24.3. The lowest BCUT2D eigenvalue weighted by Gasteiger charge is -2.32. The van der Waals surface area contributed by atoms with Crippen LogP contribution in [0.2, 0.25) is 0 Å². The first-order valence-electron chi connectivity index (χ1n) is 11.4. The van der Waals surface area contributed by atoms with Gasteiger partial charge in [0.05, 0.1) is 6.61 Å². The van der Waals surface area contributed by atoms with Crippen molar-refractivity contribution in [3.05, 3.63) is 0 Å². The van der Waals surface area contributed by atoms with Crippen LogP contribution in [-0.2, 0) is 23.7 Å². The fraction of sp³-hybridized carbons (Fsp3) is 1.00. The standard InChI is InChI=1S/C22H49NO5P2/c1-6-28-16-11-23(21-29(17-7-12-24-2)18-8-13-25-3)22-30(19-9-14-26-4)20-10-15-27-5/h6-22H2,1-5H3. The Hall–Kier alpha value is 0.620. The van der Waals surface area contributed by atoms with Crippen LogP contribution < -0.4 is 0 Å². The van der Waals surface area contributed by atoms with E-state index in [-0.39, 0.29) is 15.8 Å². The minimum Gasteiger partial charge on any atom is -0.385 e. The van der Waals surface area contributed by atoms with E-state index in [4.69, 9.17) is 23.7 Å². The third kappa shape index (κ3) is 19.3. The molecule has 182 valence electrons. The summed E-state index contributed by atoms with van der Waals surface area (Å²) in [5.41, 5.74) is 0. The summed E-state index contributed by atoms with van der Waals surface area (Å²) >= 11 is 0. The van der Waals surface area contributed by atoms with E-state index >= 15 is 0 Å². The molecular formula is C22H49NO5P2. The molecule has 0 aliphatic rings. The van der Waals surface area contributed by atoms with Gasteiger partial charge in [-0.3, -0.25) is 4.90 Å². The second-order valence-electron chi connectivity index (χ2n) is 7.50. The number of nitrogens with zero attached hydrogens (tertiary/aromatic N) is 1. The van der Waals surface area contributed by atoms with Crippen LogP contribution in [0, 0.1) is 0 Å². The van der Waals surface area contributed by atoms with Crippen molar-refractivity contribution in [1.29, 1.82) is 0 Å². The topological polar surface area (TPSA) is 49.4 Å². The van der Waals surface area contributed by atoms with Crippen molar-refractivity contribution in [3.8, 4) is 0 Å². The first-order chi connectivity index (χ1) is 14.7. The molecular weight excluding hydrogens is 420 g/mol. The lowest BCUT2D eigenvalue weighted by molar-refractivity contribution is 0.125. The Labute approximate surface area is 189 Å². The summed E-state index contributed by atoms with van der Waals surface area (Å²) in [6.45, 7) is 8.19. The Morgan fingerprint density at radius 1 is 0.567 bits per heavy atom. The quantitative estimate of drug-likeness (QED) is 0.155. The minimum atomic E-state index is -0.0353. The van der Waals surface area contributed by atoms with Gasteiger partial charge in [0.15, 0.2) is 0 Å². The maximum atomic E-state index is 5.71. The molecule has 0 N–H and O–H groups in total. The van der Waals surface area contributed by atoms with Gasteiger partial charge in [-0.05, 0) is 57.3 Å². The largest absolute Gasteiger partial charge is 0.385 e. The maximum absolute atomic E-state index is 5.71. The lowest BCUT2D eigenvalue weighted by atomic mass is 10.5. The van der Waals surface area contributed by atoms with E-state index in [9.17, 15) is 0 Å².